The van der Waals surface area contributed by atoms with Crippen LogP contribution in [0.3, 0.4) is 0 Å². The fourth-order valence-corrected chi connectivity index (χ4v) is 3.21. The predicted molar refractivity (Wildman–Crippen MR) is 82.7 cm³/mol. The highest BCUT2D eigenvalue weighted by atomic mass is 15.1. The van der Waals surface area contributed by atoms with Crippen LogP contribution in [0.25, 0.3) is 0 Å². The van der Waals surface area contributed by atoms with Gasteiger partial charge in [0.2, 0.25) is 0 Å². The maximum Gasteiger partial charge on any atom is 0.00198 e. The number of nitrogens with one attached hydrogen (secondary N) is 1. The number of rotatable bonds is 5. The maximum absolute atomic E-state index is 3.39. The Morgan fingerprint density at radius 3 is 2.37 bits per heavy atom. The van der Waals surface area contributed by atoms with Gasteiger partial charge in [-0.25, -0.2) is 0 Å². The van der Waals surface area contributed by atoms with Crippen LogP contribution < -0.4 is 5.32 Å². The summed E-state index contributed by atoms with van der Waals surface area (Å²) in [5, 5.41) is 3.39. The molecule has 1 unspecified atom stereocenters. The summed E-state index contributed by atoms with van der Waals surface area (Å²) in [6.07, 6.45) is 3.79. The number of benzene rings is 1. The summed E-state index contributed by atoms with van der Waals surface area (Å²) in [5.41, 5.74) is 2.96. The number of hydrogen-bond donors (Lipinski definition) is 1. The largest absolute Gasteiger partial charge is 0.319 e. The van der Waals surface area contributed by atoms with Crippen LogP contribution in [0.2, 0.25) is 0 Å². The van der Waals surface area contributed by atoms with Crippen molar-refractivity contribution in [1.29, 1.82) is 0 Å². The third kappa shape index (κ3) is 3.80. The van der Waals surface area contributed by atoms with Crippen LogP contribution in [0, 0.1) is 5.92 Å². The highest BCUT2D eigenvalue weighted by molar-refractivity contribution is 5.26. The smallest absolute Gasteiger partial charge is 0.00198 e. The van der Waals surface area contributed by atoms with Crippen LogP contribution in [0.4, 0.5) is 0 Å². The van der Waals surface area contributed by atoms with Gasteiger partial charge in [0, 0.05) is 6.54 Å². The molecule has 0 spiro atoms. The van der Waals surface area contributed by atoms with E-state index in [0.29, 0.717) is 5.92 Å². The van der Waals surface area contributed by atoms with E-state index in [4.69, 9.17) is 0 Å². The summed E-state index contributed by atoms with van der Waals surface area (Å²) in [6.45, 7) is 5.81. The van der Waals surface area contributed by atoms with Crippen molar-refractivity contribution < 1.29 is 0 Å². The zero-order chi connectivity index (χ0) is 13.7. The van der Waals surface area contributed by atoms with E-state index in [9.17, 15) is 0 Å². The molecule has 1 N–H and O–H groups in total. The Balaban J connectivity index is 2.09. The summed E-state index contributed by atoms with van der Waals surface area (Å²) >= 11 is 0. The van der Waals surface area contributed by atoms with Crippen LogP contribution in [-0.4, -0.2) is 38.6 Å². The predicted octanol–water partition coefficient (Wildman–Crippen LogP) is 2.89. The minimum Gasteiger partial charge on any atom is -0.319 e. The molecule has 2 nitrogen and oxygen atoms in total. The van der Waals surface area contributed by atoms with Gasteiger partial charge < -0.3 is 10.2 Å². The first-order chi connectivity index (χ1) is 9.24. The average molecular weight is 260 g/mol. The fourth-order valence-electron chi connectivity index (χ4n) is 3.21. The zero-order valence-electron chi connectivity index (χ0n) is 12.7. The molecule has 1 fully saturated rings. The van der Waals surface area contributed by atoms with E-state index in [1.165, 1.54) is 37.1 Å². The van der Waals surface area contributed by atoms with Crippen molar-refractivity contribution in [1.82, 2.24) is 10.2 Å². The summed E-state index contributed by atoms with van der Waals surface area (Å²) in [4.78, 5) is 2.45. The van der Waals surface area contributed by atoms with Crippen molar-refractivity contribution in [2.24, 2.45) is 5.92 Å². The van der Waals surface area contributed by atoms with E-state index >= 15 is 0 Å². The van der Waals surface area contributed by atoms with E-state index in [-0.39, 0.29) is 0 Å². The van der Waals surface area contributed by atoms with E-state index in [0.717, 1.165) is 18.9 Å². The van der Waals surface area contributed by atoms with Gasteiger partial charge in [0.05, 0.1) is 0 Å². The van der Waals surface area contributed by atoms with Crippen molar-refractivity contribution in [2.45, 2.75) is 32.1 Å². The molecule has 0 amide bonds. The Morgan fingerprint density at radius 1 is 1.21 bits per heavy atom. The minimum atomic E-state index is 0.671. The molecular formula is C17H28N2. The quantitative estimate of drug-likeness (QED) is 0.876. The third-order valence-electron chi connectivity index (χ3n) is 4.57. The molecule has 1 aliphatic rings. The van der Waals surface area contributed by atoms with Gasteiger partial charge in [-0.1, -0.05) is 31.2 Å². The van der Waals surface area contributed by atoms with Crippen molar-refractivity contribution in [3.8, 4) is 0 Å². The Bertz CT molecular complexity index is 363. The second-order valence-electron chi connectivity index (χ2n) is 5.90. The summed E-state index contributed by atoms with van der Waals surface area (Å²) in [6, 6.07) is 9.29. The summed E-state index contributed by atoms with van der Waals surface area (Å²) in [5.74, 6) is 1.50. The molecule has 19 heavy (non-hydrogen) atoms. The number of piperidine rings is 1. The molecule has 2 heteroatoms. The van der Waals surface area contributed by atoms with Gasteiger partial charge in [0.25, 0.3) is 0 Å². The van der Waals surface area contributed by atoms with E-state index < -0.39 is 0 Å². The Labute approximate surface area is 118 Å². The lowest BCUT2D eigenvalue weighted by Gasteiger charge is -2.34. The topological polar surface area (TPSA) is 15.3 Å². The first-order valence-electron chi connectivity index (χ1n) is 7.66. The second kappa shape index (κ2) is 7.06. The first kappa shape index (κ1) is 14.5. The van der Waals surface area contributed by atoms with Crippen LogP contribution in [-0.2, 0) is 6.42 Å². The highest BCUT2D eigenvalue weighted by Crippen LogP contribution is 2.32. The van der Waals surface area contributed by atoms with Crippen molar-refractivity contribution in [3.05, 3.63) is 35.4 Å². The molecule has 1 saturated heterocycles. The van der Waals surface area contributed by atoms with Gasteiger partial charge in [0.15, 0.2) is 0 Å². The normalized spacial score (nSPS) is 19.5. The van der Waals surface area contributed by atoms with Crippen molar-refractivity contribution in [3.63, 3.8) is 0 Å². The van der Waals surface area contributed by atoms with E-state index in [1.807, 2.05) is 0 Å². The standard InChI is InChI=1S/C17H28N2/c1-4-14-5-7-15(8-6-14)17(13-18-2)16-9-11-19(3)12-10-16/h5-8,16-18H,4,9-13H2,1-3H3. The molecule has 2 rings (SSSR count). The molecule has 1 aromatic carbocycles. The van der Waals surface area contributed by atoms with Crippen LogP contribution >= 0.6 is 0 Å². The van der Waals surface area contributed by atoms with Gasteiger partial charge in [-0.3, -0.25) is 0 Å². The summed E-state index contributed by atoms with van der Waals surface area (Å²) in [7, 11) is 4.31. The molecule has 0 bridgehead atoms. The van der Waals surface area contributed by atoms with Crippen LogP contribution in [0.5, 0.6) is 0 Å². The van der Waals surface area contributed by atoms with E-state index in [2.05, 4.69) is 55.5 Å². The van der Waals surface area contributed by atoms with Gasteiger partial charge in [0.1, 0.15) is 0 Å². The second-order valence-corrected chi connectivity index (χ2v) is 5.90. The van der Waals surface area contributed by atoms with Gasteiger partial charge in [-0.2, -0.15) is 0 Å². The number of likely N-dealkylation sites (tertiary alicyclic amines) is 1. The molecule has 0 aliphatic carbocycles. The molecule has 1 heterocycles. The molecule has 106 valence electrons. The zero-order valence-corrected chi connectivity index (χ0v) is 12.7. The highest BCUT2D eigenvalue weighted by Gasteiger charge is 2.25. The monoisotopic (exact) mass is 260 g/mol. The third-order valence-corrected chi connectivity index (χ3v) is 4.57. The SMILES string of the molecule is CCc1ccc(C(CNC)C2CCN(C)CC2)cc1. The molecule has 1 aromatic rings. The number of hydrogen-bond acceptors (Lipinski definition) is 2. The maximum atomic E-state index is 3.39. The molecule has 1 aliphatic heterocycles. The first-order valence-corrected chi connectivity index (χ1v) is 7.66. The minimum absolute atomic E-state index is 0.671. The lowest BCUT2D eigenvalue weighted by atomic mass is 9.80. The van der Waals surface area contributed by atoms with Crippen LogP contribution in [0.15, 0.2) is 24.3 Å². The van der Waals surface area contributed by atoms with Gasteiger partial charge in [-0.05, 0) is 69.4 Å². The molecular weight excluding hydrogens is 232 g/mol. The van der Waals surface area contributed by atoms with Crippen LogP contribution in [0.1, 0.15) is 36.8 Å². The lowest BCUT2D eigenvalue weighted by molar-refractivity contribution is 0.197. The lowest BCUT2D eigenvalue weighted by Crippen LogP contribution is -2.35. The Hall–Kier alpha value is -0.860. The fraction of sp³-hybridized carbons (Fsp3) is 0.647. The Morgan fingerprint density at radius 2 is 1.84 bits per heavy atom. The molecule has 0 saturated carbocycles. The number of likely N-dealkylation sites (N-methyl/N-ethyl adjacent to an activating group) is 1. The van der Waals surface area contributed by atoms with Gasteiger partial charge >= 0.3 is 0 Å². The average Bonchev–Trinajstić information content (AvgIpc) is 2.46. The molecule has 1 atom stereocenters. The Kier molecular flexibility index (Phi) is 5.41. The van der Waals surface area contributed by atoms with Crippen molar-refractivity contribution in [2.75, 3.05) is 33.7 Å². The van der Waals surface area contributed by atoms with Crippen molar-refractivity contribution >= 4 is 0 Å². The van der Waals surface area contributed by atoms with Gasteiger partial charge in [-0.15, -0.1) is 0 Å². The van der Waals surface area contributed by atoms with E-state index in [1.54, 1.807) is 0 Å². The molecule has 0 aromatic heterocycles. The molecule has 0 radical (unpaired) electrons. The number of aryl methyl sites for hydroxylation is 1. The number of nitrogens with zero attached hydrogens (tertiary/aromatic N) is 1. The summed E-state index contributed by atoms with van der Waals surface area (Å²) < 4.78 is 0.